The van der Waals surface area contributed by atoms with Crippen LogP contribution in [-0.4, -0.2) is 12.3 Å². The van der Waals surface area contributed by atoms with Gasteiger partial charge in [-0.1, -0.05) is 13.8 Å². The second-order valence-corrected chi connectivity index (χ2v) is 4.43. The van der Waals surface area contributed by atoms with E-state index in [2.05, 4.69) is 19.2 Å². The molecule has 0 aliphatic rings. The van der Waals surface area contributed by atoms with E-state index in [1.54, 1.807) is 31.1 Å². The summed E-state index contributed by atoms with van der Waals surface area (Å²) in [6, 6.07) is 3.66. The van der Waals surface area contributed by atoms with Crippen molar-refractivity contribution in [3.05, 3.63) is 22.8 Å². The Hall–Kier alpha value is -1.39. The molecule has 0 saturated heterocycles. The molecule has 0 unspecified atom stereocenters. The van der Waals surface area contributed by atoms with Crippen LogP contribution in [0.1, 0.15) is 13.8 Å². The third-order valence-electron chi connectivity index (χ3n) is 1.19. The van der Waals surface area contributed by atoms with E-state index >= 15 is 0 Å². The van der Waals surface area contributed by atoms with Gasteiger partial charge in [0.25, 0.3) is 0 Å². The normalized spacial score (nSPS) is 10.3. The van der Waals surface area contributed by atoms with E-state index in [4.69, 9.17) is 10.5 Å². The Bertz CT molecular complexity index is 299. The largest absolute Gasteiger partial charge is 0.393 e. The Morgan fingerprint density at radius 3 is 2.29 bits per heavy atom. The zero-order valence-corrected chi connectivity index (χ0v) is 9.35. The first-order valence-corrected chi connectivity index (χ1v) is 5.08. The number of allylic oxidation sites excluding steroid dienone is 2. The topological polar surface area (TPSA) is 59.6 Å². The van der Waals surface area contributed by atoms with Gasteiger partial charge in [-0.3, -0.25) is 0 Å². The Morgan fingerprint density at radius 1 is 1.36 bits per heavy atom. The van der Waals surface area contributed by atoms with Crippen LogP contribution in [0, 0.1) is 22.7 Å². The van der Waals surface area contributed by atoms with Gasteiger partial charge in [0.05, 0.1) is 0 Å². The fourth-order valence-corrected chi connectivity index (χ4v) is 1.67. The fraction of sp³-hybridized carbons (Fsp3) is 0.400. The van der Waals surface area contributed by atoms with E-state index in [-0.39, 0.29) is 5.57 Å². The van der Waals surface area contributed by atoms with Crippen molar-refractivity contribution in [1.82, 2.24) is 5.32 Å². The number of thioether (sulfide) groups is 1. The minimum atomic E-state index is 0.125. The molecular formula is C10H13N3S. The first-order valence-electron chi connectivity index (χ1n) is 4.20. The van der Waals surface area contributed by atoms with Crippen LogP contribution in [0.2, 0.25) is 0 Å². The predicted molar refractivity (Wildman–Crippen MR) is 59.2 cm³/mol. The highest BCUT2D eigenvalue weighted by molar-refractivity contribution is 8.03. The van der Waals surface area contributed by atoms with Crippen LogP contribution in [0.3, 0.4) is 0 Å². The monoisotopic (exact) mass is 207 g/mol. The summed E-state index contributed by atoms with van der Waals surface area (Å²) in [4.78, 5) is 0.889. The van der Waals surface area contributed by atoms with Crippen LogP contribution >= 0.6 is 11.8 Å². The molecule has 0 spiro atoms. The first-order chi connectivity index (χ1) is 6.63. The number of rotatable bonds is 4. The molecule has 14 heavy (non-hydrogen) atoms. The van der Waals surface area contributed by atoms with Crippen molar-refractivity contribution in [2.75, 3.05) is 7.05 Å². The predicted octanol–water partition coefficient (Wildman–Crippen LogP) is 2.16. The maximum atomic E-state index is 8.58. The van der Waals surface area contributed by atoms with E-state index < -0.39 is 0 Å². The molecule has 1 N–H and O–H groups in total. The molecule has 0 rings (SSSR count). The molecule has 0 radical (unpaired) electrons. The van der Waals surface area contributed by atoms with Gasteiger partial charge in [0.1, 0.15) is 17.7 Å². The van der Waals surface area contributed by atoms with Crippen molar-refractivity contribution in [2.24, 2.45) is 0 Å². The molecular weight excluding hydrogens is 194 g/mol. The minimum absolute atomic E-state index is 0.125. The fourth-order valence-electron chi connectivity index (χ4n) is 0.756. The summed E-state index contributed by atoms with van der Waals surface area (Å²) < 4.78 is 0. The van der Waals surface area contributed by atoms with Crippen molar-refractivity contribution < 1.29 is 0 Å². The summed E-state index contributed by atoms with van der Waals surface area (Å²) in [5.41, 5.74) is 0.125. The van der Waals surface area contributed by atoms with Crippen molar-refractivity contribution in [3.63, 3.8) is 0 Å². The van der Waals surface area contributed by atoms with Crippen LogP contribution < -0.4 is 5.32 Å². The highest BCUT2D eigenvalue weighted by Crippen LogP contribution is 2.22. The van der Waals surface area contributed by atoms with Gasteiger partial charge in [0, 0.05) is 23.4 Å². The Kier molecular flexibility index (Phi) is 6.36. The number of nitrogens with one attached hydrogen (secondary N) is 1. The molecule has 0 aromatic heterocycles. The summed E-state index contributed by atoms with van der Waals surface area (Å²) in [6.07, 6.45) is 3.36. The van der Waals surface area contributed by atoms with Crippen LogP contribution in [0.5, 0.6) is 0 Å². The SMILES string of the molecule is CN/C=C(/C=C(C#N)C#N)SC(C)C. The molecule has 0 atom stereocenters. The molecule has 3 nitrogen and oxygen atoms in total. The van der Waals surface area contributed by atoms with Gasteiger partial charge in [-0.05, 0) is 6.08 Å². The lowest BCUT2D eigenvalue weighted by Crippen LogP contribution is -1.96. The molecule has 0 aliphatic heterocycles. The second kappa shape index (κ2) is 7.06. The first kappa shape index (κ1) is 12.6. The second-order valence-electron chi connectivity index (χ2n) is 2.78. The molecule has 0 aromatic rings. The molecule has 74 valence electrons. The Labute approximate surface area is 89.1 Å². The lowest BCUT2D eigenvalue weighted by molar-refractivity contribution is 1.09. The summed E-state index contributed by atoms with van der Waals surface area (Å²) in [5.74, 6) is 0. The van der Waals surface area contributed by atoms with Gasteiger partial charge in [-0.15, -0.1) is 11.8 Å². The van der Waals surface area contributed by atoms with Crippen molar-refractivity contribution in [1.29, 1.82) is 10.5 Å². The Morgan fingerprint density at radius 2 is 1.93 bits per heavy atom. The van der Waals surface area contributed by atoms with Gasteiger partial charge in [0.2, 0.25) is 0 Å². The average molecular weight is 207 g/mol. The van der Waals surface area contributed by atoms with E-state index in [1.165, 1.54) is 0 Å². The van der Waals surface area contributed by atoms with E-state index in [1.807, 2.05) is 12.1 Å². The molecule has 0 saturated carbocycles. The maximum Gasteiger partial charge on any atom is 0.130 e. The number of nitriles is 2. The third kappa shape index (κ3) is 5.29. The van der Waals surface area contributed by atoms with Crippen molar-refractivity contribution >= 4 is 11.8 Å². The Balaban J connectivity index is 4.72. The van der Waals surface area contributed by atoms with Crippen LogP contribution in [0.15, 0.2) is 22.8 Å². The average Bonchev–Trinajstić information content (AvgIpc) is 2.13. The molecule has 0 bridgehead atoms. The molecule has 4 heteroatoms. The number of hydrogen-bond acceptors (Lipinski definition) is 4. The lowest BCUT2D eigenvalue weighted by atomic mass is 10.3. The third-order valence-corrected chi connectivity index (χ3v) is 2.17. The standard InChI is InChI=1S/C10H13N3S/c1-8(2)14-10(7-13-3)4-9(5-11)6-12/h4,7-8,13H,1-3H3/b10-7-. The minimum Gasteiger partial charge on any atom is -0.393 e. The zero-order chi connectivity index (χ0) is 11.0. The van der Waals surface area contributed by atoms with Gasteiger partial charge in [-0.25, -0.2) is 0 Å². The molecule has 0 fully saturated rings. The summed E-state index contributed by atoms with van der Waals surface area (Å²) >= 11 is 1.60. The van der Waals surface area contributed by atoms with E-state index in [0.29, 0.717) is 5.25 Å². The van der Waals surface area contributed by atoms with Crippen LogP contribution in [0.25, 0.3) is 0 Å². The van der Waals surface area contributed by atoms with Crippen LogP contribution in [0.4, 0.5) is 0 Å². The highest BCUT2D eigenvalue weighted by atomic mass is 32.2. The maximum absolute atomic E-state index is 8.58. The molecule has 0 amide bonds. The molecule has 0 heterocycles. The quantitative estimate of drug-likeness (QED) is 0.567. The van der Waals surface area contributed by atoms with E-state index in [0.717, 1.165) is 4.91 Å². The summed E-state index contributed by atoms with van der Waals surface area (Å²) in [5, 5.41) is 20.5. The van der Waals surface area contributed by atoms with Crippen molar-refractivity contribution in [3.8, 4) is 12.1 Å². The van der Waals surface area contributed by atoms with Gasteiger partial charge in [-0.2, -0.15) is 10.5 Å². The summed E-state index contributed by atoms with van der Waals surface area (Å²) in [6.45, 7) is 4.11. The zero-order valence-electron chi connectivity index (χ0n) is 8.53. The molecule has 0 aliphatic carbocycles. The number of hydrogen-bond donors (Lipinski definition) is 1. The lowest BCUT2D eigenvalue weighted by Gasteiger charge is -2.05. The van der Waals surface area contributed by atoms with Gasteiger partial charge < -0.3 is 5.32 Å². The molecule has 0 aromatic carbocycles. The highest BCUT2D eigenvalue weighted by Gasteiger charge is 2.01. The van der Waals surface area contributed by atoms with Gasteiger partial charge in [0.15, 0.2) is 0 Å². The summed E-state index contributed by atoms with van der Waals surface area (Å²) in [7, 11) is 1.78. The number of nitrogens with zero attached hydrogens (tertiary/aromatic N) is 2. The van der Waals surface area contributed by atoms with Gasteiger partial charge >= 0.3 is 0 Å². The van der Waals surface area contributed by atoms with Crippen LogP contribution in [-0.2, 0) is 0 Å². The smallest absolute Gasteiger partial charge is 0.130 e. The van der Waals surface area contributed by atoms with E-state index in [9.17, 15) is 0 Å². The van der Waals surface area contributed by atoms with Crippen molar-refractivity contribution in [2.45, 2.75) is 19.1 Å².